The van der Waals surface area contributed by atoms with Crippen LogP contribution in [-0.2, 0) is 10.9 Å². The number of nitrogens with zero attached hydrogens (tertiary/aromatic N) is 2. The number of nitrogens with two attached hydrogens (primary N) is 1. The van der Waals surface area contributed by atoms with E-state index in [0.29, 0.717) is 6.07 Å². The number of anilines is 1. The number of carbonyl (C=O) groups is 1. The molecule has 2 aromatic rings. The van der Waals surface area contributed by atoms with Crippen LogP contribution in [0.1, 0.15) is 21.6 Å². The van der Waals surface area contributed by atoms with Crippen molar-refractivity contribution in [2.45, 2.75) is 6.18 Å². The first-order valence-corrected chi connectivity index (χ1v) is 6.97. The summed E-state index contributed by atoms with van der Waals surface area (Å²) in [6, 6.07) is 3.09. The van der Waals surface area contributed by atoms with E-state index in [9.17, 15) is 22.4 Å². The molecule has 0 amide bonds. The van der Waals surface area contributed by atoms with Gasteiger partial charge >= 0.3 is 12.1 Å². The zero-order valence-electron chi connectivity index (χ0n) is 11.9. The van der Waals surface area contributed by atoms with Gasteiger partial charge in [-0.1, -0.05) is 0 Å². The number of carbonyl (C=O) groups excluding carboxylic acids is 1. The van der Waals surface area contributed by atoms with Crippen molar-refractivity contribution >= 4 is 27.6 Å². The van der Waals surface area contributed by atoms with Crippen LogP contribution in [0.3, 0.4) is 0 Å². The fourth-order valence-corrected chi connectivity index (χ4v) is 2.49. The number of methoxy groups -OCH3 is 1. The van der Waals surface area contributed by atoms with E-state index < -0.39 is 28.0 Å². The van der Waals surface area contributed by atoms with Crippen LogP contribution in [0.15, 0.2) is 22.8 Å². The van der Waals surface area contributed by atoms with Gasteiger partial charge in [0.25, 0.3) is 0 Å². The van der Waals surface area contributed by atoms with E-state index in [1.807, 2.05) is 0 Å². The Hall–Kier alpha value is -2.54. The second-order valence-electron chi connectivity index (χ2n) is 4.57. The second kappa shape index (κ2) is 6.16. The highest BCUT2D eigenvalue weighted by Gasteiger charge is 2.35. The molecule has 0 unspecified atom stereocenters. The van der Waals surface area contributed by atoms with Gasteiger partial charge in [0.2, 0.25) is 0 Å². The fraction of sp³-hybridized carbons (Fsp3) is 0.143. The lowest BCUT2D eigenvalue weighted by Crippen LogP contribution is -2.13. The highest BCUT2D eigenvalue weighted by Crippen LogP contribution is 2.38. The Morgan fingerprint density at radius 1 is 1.42 bits per heavy atom. The van der Waals surface area contributed by atoms with E-state index >= 15 is 0 Å². The lowest BCUT2D eigenvalue weighted by molar-refractivity contribution is -0.138. The molecule has 1 heterocycles. The van der Waals surface area contributed by atoms with Gasteiger partial charge in [-0.05, 0) is 28.1 Å². The molecule has 1 aromatic heterocycles. The summed E-state index contributed by atoms with van der Waals surface area (Å²) in [7, 11) is 1.04. The molecule has 0 spiro atoms. The Morgan fingerprint density at radius 3 is 2.54 bits per heavy atom. The molecule has 0 radical (unpaired) electrons. The maximum Gasteiger partial charge on any atom is 0.417 e. The van der Waals surface area contributed by atoms with Gasteiger partial charge in [0.05, 0.1) is 28.4 Å². The minimum absolute atomic E-state index is 0.160. The maximum absolute atomic E-state index is 13.9. The van der Waals surface area contributed by atoms with Crippen molar-refractivity contribution in [2.24, 2.45) is 0 Å². The summed E-state index contributed by atoms with van der Waals surface area (Å²) in [6.07, 6.45) is -3.80. The quantitative estimate of drug-likeness (QED) is 0.610. The normalized spacial score (nSPS) is 11.2. The summed E-state index contributed by atoms with van der Waals surface area (Å²) < 4.78 is 57.6. The Morgan fingerprint density at radius 2 is 2.04 bits per heavy atom. The Labute approximate surface area is 141 Å². The number of benzene rings is 1. The monoisotopic (exact) mass is 405 g/mol. The van der Waals surface area contributed by atoms with Crippen molar-refractivity contribution in [3.05, 3.63) is 45.4 Å². The topological polar surface area (TPSA) is 81.0 Å². The van der Waals surface area contributed by atoms with Crippen molar-refractivity contribution in [2.75, 3.05) is 12.8 Å². The van der Waals surface area contributed by atoms with E-state index in [0.717, 1.165) is 23.9 Å². The predicted octanol–water partition coefficient (Wildman–Crippen LogP) is 3.64. The number of alkyl halides is 3. The minimum atomic E-state index is -4.84. The number of hydrogen-bond donors (Lipinski definition) is 1. The third kappa shape index (κ3) is 2.94. The first-order valence-electron chi connectivity index (χ1n) is 6.17. The van der Waals surface area contributed by atoms with E-state index in [1.165, 1.54) is 0 Å². The van der Waals surface area contributed by atoms with Crippen molar-refractivity contribution in [1.82, 2.24) is 4.57 Å². The van der Waals surface area contributed by atoms with Gasteiger partial charge in [-0.15, -0.1) is 0 Å². The first-order chi connectivity index (χ1) is 11.1. The highest BCUT2D eigenvalue weighted by atomic mass is 79.9. The standard InChI is InChI=1S/C14H8BrF4N3O2/c1-24-13(23)12-11(21)6(4-20)5-22(12)7-2-8(14(17,18)19)10(15)9(16)3-7/h2-3,5H,21H2,1H3. The zero-order chi connectivity index (χ0) is 18.2. The lowest BCUT2D eigenvalue weighted by atomic mass is 10.2. The molecule has 0 aliphatic rings. The maximum atomic E-state index is 13.9. The van der Waals surface area contributed by atoms with Crippen LogP contribution >= 0.6 is 15.9 Å². The summed E-state index contributed by atoms with van der Waals surface area (Å²) >= 11 is 2.54. The second-order valence-corrected chi connectivity index (χ2v) is 5.36. The molecule has 1 aromatic carbocycles. The molecule has 10 heteroatoms. The number of esters is 1. The molecule has 0 bridgehead atoms. The first kappa shape index (κ1) is 17.8. The molecule has 0 saturated carbocycles. The van der Waals surface area contributed by atoms with E-state index in [-0.39, 0.29) is 22.6 Å². The summed E-state index contributed by atoms with van der Waals surface area (Å²) in [5, 5.41) is 8.98. The number of aromatic nitrogens is 1. The summed E-state index contributed by atoms with van der Waals surface area (Å²) in [6.45, 7) is 0. The van der Waals surface area contributed by atoms with Gasteiger partial charge in [-0.25, -0.2) is 9.18 Å². The van der Waals surface area contributed by atoms with E-state index in [4.69, 9.17) is 11.0 Å². The number of rotatable bonds is 2. The molecular formula is C14H8BrF4N3O2. The van der Waals surface area contributed by atoms with E-state index in [2.05, 4.69) is 20.7 Å². The van der Waals surface area contributed by atoms with Gasteiger partial charge in [0.15, 0.2) is 5.69 Å². The van der Waals surface area contributed by atoms with Crippen molar-refractivity contribution in [3.8, 4) is 11.8 Å². The fourth-order valence-electron chi connectivity index (χ4n) is 2.04. The number of ether oxygens (including phenoxy) is 1. The van der Waals surface area contributed by atoms with Gasteiger partial charge < -0.3 is 15.0 Å². The van der Waals surface area contributed by atoms with Crippen molar-refractivity contribution in [3.63, 3.8) is 0 Å². The number of halogens is 5. The Bertz CT molecular complexity index is 868. The molecule has 2 N–H and O–H groups in total. The van der Waals surface area contributed by atoms with Crippen LogP contribution in [0.4, 0.5) is 23.2 Å². The average molecular weight is 406 g/mol. The largest absolute Gasteiger partial charge is 0.464 e. The van der Waals surface area contributed by atoms with Gasteiger partial charge in [0, 0.05) is 11.9 Å². The smallest absolute Gasteiger partial charge is 0.417 e. The lowest BCUT2D eigenvalue weighted by Gasteiger charge is -2.14. The van der Waals surface area contributed by atoms with Crippen molar-refractivity contribution < 1.29 is 27.1 Å². The van der Waals surface area contributed by atoms with Gasteiger partial charge in [-0.2, -0.15) is 18.4 Å². The number of nitriles is 1. The molecule has 2 rings (SSSR count). The van der Waals surface area contributed by atoms with Crippen LogP contribution in [0, 0.1) is 17.1 Å². The average Bonchev–Trinajstić information content (AvgIpc) is 2.84. The third-order valence-corrected chi connectivity index (χ3v) is 3.95. The molecule has 24 heavy (non-hydrogen) atoms. The Balaban J connectivity index is 2.81. The van der Waals surface area contributed by atoms with Crippen LogP contribution < -0.4 is 5.73 Å². The molecule has 0 fully saturated rings. The van der Waals surface area contributed by atoms with Crippen LogP contribution in [-0.4, -0.2) is 17.6 Å². The summed E-state index contributed by atoms with van der Waals surface area (Å²) in [5.41, 5.74) is 3.23. The zero-order valence-corrected chi connectivity index (χ0v) is 13.5. The minimum Gasteiger partial charge on any atom is -0.464 e. The highest BCUT2D eigenvalue weighted by molar-refractivity contribution is 9.10. The van der Waals surface area contributed by atoms with Gasteiger partial charge in [-0.3, -0.25) is 0 Å². The molecule has 0 saturated heterocycles. The van der Waals surface area contributed by atoms with Crippen molar-refractivity contribution in [1.29, 1.82) is 5.26 Å². The molecular weight excluding hydrogens is 398 g/mol. The summed E-state index contributed by atoms with van der Waals surface area (Å²) in [5.74, 6) is -2.17. The van der Waals surface area contributed by atoms with E-state index in [1.54, 1.807) is 6.07 Å². The molecule has 0 aliphatic heterocycles. The van der Waals surface area contributed by atoms with Crippen LogP contribution in [0.2, 0.25) is 0 Å². The Kier molecular flexibility index (Phi) is 4.57. The third-order valence-electron chi connectivity index (χ3n) is 3.14. The predicted molar refractivity (Wildman–Crippen MR) is 78.9 cm³/mol. The summed E-state index contributed by atoms with van der Waals surface area (Å²) in [4.78, 5) is 11.8. The van der Waals surface area contributed by atoms with Crippen LogP contribution in [0.5, 0.6) is 0 Å². The molecule has 126 valence electrons. The molecule has 0 atom stereocenters. The molecule has 0 aliphatic carbocycles. The SMILES string of the molecule is COC(=O)c1c(N)c(C#N)cn1-c1cc(F)c(Br)c(C(F)(F)F)c1. The number of nitrogen functional groups attached to an aromatic ring is 1. The van der Waals surface area contributed by atoms with Gasteiger partial charge in [0.1, 0.15) is 11.9 Å². The molecule has 5 nitrogen and oxygen atoms in total. The number of hydrogen-bond acceptors (Lipinski definition) is 4. The van der Waals surface area contributed by atoms with Crippen LogP contribution in [0.25, 0.3) is 5.69 Å².